The van der Waals surface area contributed by atoms with E-state index in [0.29, 0.717) is 0 Å². The van der Waals surface area contributed by atoms with Crippen LogP contribution in [0.4, 0.5) is 5.69 Å². The van der Waals surface area contributed by atoms with Crippen LogP contribution in [0, 0.1) is 10.1 Å². The lowest BCUT2D eigenvalue weighted by Gasteiger charge is -2.46. The average molecular weight is 669 g/mol. The third-order valence-electron chi connectivity index (χ3n) is 7.93. The number of rotatable bonds is 12. The zero-order chi connectivity index (χ0) is 35.0. The van der Waals surface area contributed by atoms with Crippen LogP contribution in [0.3, 0.4) is 0 Å². The van der Waals surface area contributed by atoms with Crippen molar-refractivity contribution in [2.75, 3.05) is 6.61 Å². The fraction of sp³-hybridized carbons (Fsp3) is 0.270. The first-order chi connectivity index (χ1) is 23.6. The summed E-state index contributed by atoms with van der Waals surface area (Å²) in [5.74, 6) is -1.73. The quantitative estimate of drug-likeness (QED) is 0.0937. The molecule has 1 aliphatic heterocycles. The molecule has 5 rings (SSSR count). The van der Waals surface area contributed by atoms with Crippen molar-refractivity contribution in [3.8, 4) is 5.75 Å². The van der Waals surface area contributed by atoms with Crippen molar-refractivity contribution < 1.29 is 43.0 Å². The van der Waals surface area contributed by atoms with Gasteiger partial charge in [-0.2, -0.15) is 0 Å². The summed E-state index contributed by atoms with van der Waals surface area (Å²) in [6.45, 7) is 3.44. The van der Waals surface area contributed by atoms with Gasteiger partial charge < -0.3 is 29.0 Å². The second-order valence-electron chi connectivity index (χ2n) is 11.4. The van der Waals surface area contributed by atoms with Crippen LogP contribution in [0.25, 0.3) is 0 Å². The van der Waals surface area contributed by atoms with Gasteiger partial charge in [0.1, 0.15) is 23.5 Å². The Morgan fingerprint density at radius 2 is 1.20 bits per heavy atom. The number of hydrogen-bond donors (Lipinski definition) is 1. The molecular weight excluding hydrogens is 632 g/mol. The molecule has 12 nitrogen and oxygen atoms in total. The molecule has 0 radical (unpaired) electrons. The normalized spacial score (nSPS) is 20.4. The smallest absolute Gasteiger partial charge is 0.303 e. The second kappa shape index (κ2) is 15.5. The summed E-state index contributed by atoms with van der Waals surface area (Å²) in [5, 5.41) is 13.9. The van der Waals surface area contributed by atoms with E-state index in [0.717, 1.165) is 16.7 Å². The monoisotopic (exact) mass is 668 g/mol. The number of nitro groups is 1. The Labute approximate surface area is 283 Å². The number of nitrogens with zero attached hydrogens (tertiary/aromatic N) is 1. The van der Waals surface area contributed by atoms with Gasteiger partial charge in [0.05, 0.1) is 11.5 Å². The van der Waals surface area contributed by atoms with Crippen molar-refractivity contribution in [3.05, 3.63) is 142 Å². The molecule has 0 aromatic heterocycles. The summed E-state index contributed by atoms with van der Waals surface area (Å²) in [6, 6.07) is 32.9. The molecule has 0 aliphatic carbocycles. The van der Waals surface area contributed by atoms with Gasteiger partial charge in [0.2, 0.25) is 12.2 Å². The molecule has 1 fully saturated rings. The molecule has 0 bridgehead atoms. The van der Waals surface area contributed by atoms with Gasteiger partial charge in [-0.1, -0.05) is 91.0 Å². The van der Waals surface area contributed by atoms with Crippen molar-refractivity contribution in [2.45, 2.75) is 57.0 Å². The fourth-order valence-electron chi connectivity index (χ4n) is 5.95. The van der Waals surface area contributed by atoms with E-state index in [4.69, 9.17) is 23.7 Å². The van der Waals surface area contributed by atoms with Crippen LogP contribution in [0.5, 0.6) is 5.75 Å². The number of amides is 1. The molecule has 4 aromatic rings. The van der Waals surface area contributed by atoms with Gasteiger partial charge in [-0.15, -0.1) is 0 Å². The number of benzene rings is 4. The molecule has 1 saturated heterocycles. The highest BCUT2D eigenvalue weighted by atomic mass is 16.7. The first-order valence-corrected chi connectivity index (χ1v) is 15.6. The highest BCUT2D eigenvalue weighted by molar-refractivity contribution is 5.73. The summed E-state index contributed by atoms with van der Waals surface area (Å²) < 4.78 is 31.0. The Bertz CT molecular complexity index is 1640. The first-order valence-electron chi connectivity index (χ1n) is 15.6. The van der Waals surface area contributed by atoms with Gasteiger partial charge in [0, 0.05) is 32.9 Å². The number of esters is 2. The Kier molecular flexibility index (Phi) is 11.0. The van der Waals surface area contributed by atoms with Gasteiger partial charge in [-0.25, -0.2) is 0 Å². The summed E-state index contributed by atoms with van der Waals surface area (Å²) >= 11 is 0. The van der Waals surface area contributed by atoms with E-state index in [-0.39, 0.29) is 18.0 Å². The van der Waals surface area contributed by atoms with Crippen LogP contribution < -0.4 is 10.1 Å². The van der Waals surface area contributed by atoms with Crippen molar-refractivity contribution >= 4 is 23.5 Å². The largest absolute Gasteiger partial charge is 0.463 e. The molecule has 254 valence electrons. The number of non-ortho nitro benzene ring substituents is 1. The molecule has 49 heavy (non-hydrogen) atoms. The molecule has 0 spiro atoms. The van der Waals surface area contributed by atoms with E-state index >= 15 is 0 Å². The fourth-order valence-corrected chi connectivity index (χ4v) is 5.95. The Balaban J connectivity index is 1.60. The maximum atomic E-state index is 12.5. The number of carbonyl (C=O) groups excluding carboxylic acids is 3. The Morgan fingerprint density at radius 1 is 0.735 bits per heavy atom. The zero-order valence-corrected chi connectivity index (χ0v) is 27.1. The maximum absolute atomic E-state index is 12.5. The number of ether oxygens (including phenoxy) is 5. The molecule has 4 aromatic carbocycles. The molecule has 1 heterocycles. The molecule has 0 unspecified atom stereocenters. The van der Waals surface area contributed by atoms with Crippen molar-refractivity contribution in [3.63, 3.8) is 0 Å². The SMILES string of the molecule is CC(=O)N[C@H]1[C@H](Oc2ccc([N+](=O)[O-])cc2)O[C@H](COC(c2ccccc2)(c2ccccc2)c2ccccc2)[C@@H](OC(C)=O)[C@@H]1OC(C)=O. The van der Waals surface area contributed by atoms with Gasteiger partial charge >= 0.3 is 11.9 Å². The van der Waals surface area contributed by atoms with E-state index in [2.05, 4.69) is 5.32 Å². The van der Waals surface area contributed by atoms with Gasteiger partial charge in [0.15, 0.2) is 12.2 Å². The average Bonchev–Trinajstić information content (AvgIpc) is 3.09. The van der Waals surface area contributed by atoms with Crippen molar-refractivity contribution in [1.29, 1.82) is 0 Å². The van der Waals surface area contributed by atoms with Crippen LogP contribution in [0.2, 0.25) is 0 Å². The lowest BCUT2D eigenvalue weighted by Crippen LogP contribution is -2.67. The highest BCUT2D eigenvalue weighted by Crippen LogP contribution is 2.41. The predicted molar refractivity (Wildman–Crippen MR) is 176 cm³/mol. The molecule has 1 N–H and O–H groups in total. The minimum atomic E-state index is -1.32. The number of nitro benzene ring substituents is 1. The first kappa shape index (κ1) is 34.7. The van der Waals surface area contributed by atoms with E-state index in [1.54, 1.807) is 0 Å². The van der Waals surface area contributed by atoms with E-state index in [9.17, 15) is 24.5 Å². The summed E-state index contributed by atoms with van der Waals surface area (Å²) in [5.41, 5.74) is 1.07. The number of hydrogen-bond acceptors (Lipinski definition) is 10. The number of nitrogens with one attached hydrogen (secondary N) is 1. The lowest BCUT2D eigenvalue weighted by molar-refractivity contribution is -0.384. The number of carbonyl (C=O) groups is 3. The minimum Gasteiger partial charge on any atom is -0.463 e. The minimum absolute atomic E-state index is 0.159. The Morgan fingerprint density at radius 3 is 1.63 bits per heavy atom. The van der Waals surface area contributed by atoms with Crippen molar-refractivity contribution in [2.24, 2.45) is 0 Å². The summed E-state index contributed by atoms with van der Waals surface area (Å²) in [6.07, 6.45) is -4.98. The van der Waals surface area contributed by atoms with E-state index < -0.39 is 59.0 Å². The van der Waals surface area contributed by atoms with Crippen LogP contribution >= 0.6 is 0 Å². The standard InChI is InChI=1S/C37H36N2O10/c1-24(40)38-33-35(47-26(3)42)34(46-25(2)41)32(49-36(33)48-31-21-19-30(20-22-31)39(43)44)23-45-37(27-13-7-4-8-14-27,28-15-9-5-10-16-28)29-17-11-6-12-18-29/h4-22,32-36H,23H2,1-3H3,(H,38,40)/t32-,33-,34-,35-,36-/m1/s1. The third kappa shape index (κ3) is 8.11. The lowest BCUT2D eigenvalue weighted by atomic mass is 9.80. The maximum Gasteiger partial charge on any atom is 0.303 e. The summed E-state index contributed by atoms with van der Waals surface area (Å²) in [7, 11) is 0. The van der Waals surface area contributed by atoms with Crippen LogP contribution in [0.1, 0.15) is 37.5 Å². The molecular formula is C37H36N2O10. The van der Waals surface area contributed by atoms with E-state index in [1.807, 2.05) is 91.0 Å². The van der Waals surface area contributed by atoms with E-state index in [1.165, 1.54) is 45.0 Å². The second-order valence-corrected chi connectivity index (χ2v) is 11.4. The van der Waals surface area contributed by atoms with Gasteiger partial charge in [-0.3, -0.25) is 24.5 Å². The van der Waals surface area contributed by atoms with Crippen molar-refractivity contribution in [1.82, 2.24) is 5.32 Å². The molecule has 5 atom stereocenters. The topological polar surface area (TPSA) is 153 Å². The van der Waals surface area contributed by atoms with Crippen LogP contribution in [-0.4, -0.2) is 60.0 Å². The Hall–Kier alpha value is -5.59. The molecule has 0 saturated carbocycles. The summed E-state index contributed by atoms with van der Waals surface area (Å²) in [4.78, 5) is 48.1. The van der Waals surface area contributed by atoms with Crippen LogP contribution in [-0.2, 0) is 38.9 Å². The zero-order valence-electron chi connectivity index (χ0n) is 27.1. The molecule has 12 heteroatoms. The van der Waals surface area contributed by atoms with Gasteiger partial charge in [0.25, 0.3) is 5.69 Å². The molecule has 1 aliphatic rings. The van der Waals surface area contributed by atoms with Gasteiger partial charge in [-0.05, 0) is 28.8 Å². The predicted octanol–water partition coefficient (Wildman–Crippen LogP) is 5.08. The third-order valence-corrected chi connectivity index (χ3v) is 7.93. The van der Waals surface area contributed by atoms with Crippen LogP contribution in [0.15, 0.2) is 115 Å². The highest BCUT2D eigenvalue weighted by Gasteiger charge is 2.52. The molecule has 1 amide bonds.